The van der Waals surface area contributed by atoms with Crippen LogP contribution in [-0.4, -0.2) is 49.2 Å². The standard InChI is InChI=1S/C16H18N4O3/c1-11-5-6-13(16(22)23)8-19(11)15(21)12-3-2-4-14(7-12)20-10-17-9-18-20/h2-4,7,9-11,13H,5-6,8H2,1H3,(H,22,23). The smallest absolute Gasteiger partial charge is 0.308 e. The third kappa shape index (κ3) is 3.08. The van der Waals surface area contributed by atoms with Gasteiger partial charge in [0.05, 0.1) is 11.6 Å². The number of carboxylic acids is 1. The van der Waals surface area contributed by atoms with Crippen LogP contribution in [0.4, 0.5) is 0 Å². The van der Waals surface area contributed by atoms with Crippen molar-refractivity contribution in [1.82, 2.24) is 19.7 Å². The number of rotatable bonds is 3. The largest absolute Gasteiger partial charge is 0.481 e. The number of carbonyl (C=O) groups excluding carboxylic acids is 1. The zero-order chi connectivity index (χ0) is 16.4. The van der Waals surface area contributed by atoms with Crippen LogP contribution in [0.5, 0.6) is 0 Å². The summed E-state index contributed by atoms with van der Waals surface area (Å²) < 4.78 is 1.58. The van der Waals surface area contributed by atoms with Gasteiger partial charge in [0.25, 0.3) is 5.91 Å². The molecule has 2 unspecified atom stereocenters. The van der Waals surface area contributed by atoms with E-state index in [1.165, 1.54) is 6.33 Å². The molecule has 1 fully saturated rings. The van der Waals surface area contributed by atoms with E-state index in [2.05, 4.69) is 10.1 Å². The Morgan fingerprint density at radius 1 is 1.30 bits per heavy atom. The molecular formula is C16H18N4O3. The van der Waals surface area contributed by atoms with Gasteiger partial charge in [0.2, 0.25) is 0 Å². The van der Waals surface area contributed by atoms with E-state index in [1.807, 2.05) is 13.0 Å². The number of aromatic nitrogens is 3. The summed E-state index contributed by atoms with van der Waals surface area (Å²) in [7, 11) is 0. The molecular weight excluding hydrogens is 296 g/mol. The number of benzene rings is 1. The minimum atomic E-state index is -0.842. The molecule has 0 radical (unpaired) electrons. The number of carboxylic acid groups (broad SMARTS) is 1. The maximum absolute atomic E-state index is 12.8. The number of aliphatic carboxylic acids is 1. The molecule has 2 heterocycles. The second kappa shape index (κ2) is 6.20. The minimum absolute atomic E-state index is 0.0353. The third-order valence-corrected chi connectivity index (χ3v) is 4.27. The van der Waals surface area contributed by atoms with Gasteiger partial charge >= 0.3 is 5.97 Å². The maximum atomic E-state index is 12.8. The normalized spacial score (nSPS) is 21.2. The Kier molecular flexibility index (Phi) is 4.10. The molecule has 2 atom stereocenters. The lowest BCUT2D eigenvalue weighted by atomic mass is 9.93. The lowest BCUT2D eigenvalue weighted by Gasteiger charge is -2.36. The van der Waals surface area contributed by atoms with Crippen molar-refractivity contribution in [2.75, 3.05) is 6.54 Å². The lowest BCUT2D eigenvalue weighted by molar-refractivity contribution is -0.143. The van der Waals surface area contributed by atoms with Crippen molar-refractivity contribution in [2.24, 2.45) is 5.92 Å². The van der Waals surface area contributed by atoms with Crippen LogP contribution in [0.25, 0.3) is 5.69 Å². The molecule has 0 spiro atoms. The zero-order valence-electron chi connectivity index (χ0n) is 12.8. The number of likely N-dealkylation sites (tertiary alicyclic amines) is 1. The fourth-order valence-corrected chi connectivity index (χ4v) is 2.88. The summed E-state index contributed by atoms with van der Waals surface area (Å²) >= 11 is 0. The molecule has 0 aliphatic carbocycles. The van der Waals surface area contributed by atoms with Crippen molar-refractivity contribution in [2.45, 2.75) is 25.8 Å². The zero-order valence-corrected chi connectivity index (χ0v) is 12.8. The Morgan fingerprint density at radius 2 is 2.13 bits per heavy atom. The van der Waals surface area contributed by atoms with Crippen molar-refractivity contribution in [3.63, 3.8) is 0 Å². The van der Waals surface area contributed by atoms with Gasteiger partial charge < -0.3 is 10.0 Å². The van der Waals surface area contributed by atoms with Crippen molar-refractivity contribution in [3.05, 3.63) is 42.5 Å². The molecule has 0 saturated carbocycles. The van der Waals surface area contributed by atoms with Crippen LogP contribution in [0.3, 0.4) is 0 Å². The van der Waals surface area contributed by atoms with E-state index in [0.29, 0.717) is 18.4 Å². The first-order valence-corrected chi connectivity index (χ1v) is 7.55. The number of hydrogen-bond donors (Lipinski definition) is 1. The van der Waals surface area contributed by atoms with Crippen LogP contribution >= 0.6 is 0 Å². The predicted molar refractivity (Wildman–Crippen MR) is 82.2 cm³/mol. The Bertz CT molecular complexity index is 714. The molecule has 2 aromatic rings. The van der Waals surface area contributed by atoms with Gasteiger partial charge in [0.15, 0.2) is 0 Å². The number of carbonyl (C=O) groups is 2. The van der Waals surface area contributed by atoms with E-state index >= 15 is 0 Å². The summed E-state index contributed by atoms with van der Waals surface area (Å²) in [6.45, 7) is 2.21. The van der Waals surface area contributed by atoms with Gasteiger partial charge in [-0.2, -0.15) is 5.10 Å². The van der Waals surface area contributed by atoms with E-state index in [0.717, 1.165) is 5.69 Å². The topological polar surface area (TPSA) is 88.3 Å². The maximum Gasteiger partial charge on any atom is 0.308 e. The summed E-state index contributed by atoms with van der Waals surface area (Å²) in [5.74, 6) is -1.48. The van der Waals surface area contributed by atoms with Crippen molar-refractivity contribution < 1.29 is 14.7 Å². The van der Waals surface area contributed by atoms with E-state index in [4.69, 9.17) is 0 Å². The number of amides is 1. The molecule has 23 heavy (non-hydrogen) atoms. The first kappa shape index (κ1) is 15.2. The summed E-state index contributed by atoms with van der Waals surface area (Å²) in [6, 6.07) is 7.14. The second-order valence-corrected chi connectivity index (χ2v) is 5.81. The Hall–Kier alpha value is -2.70. The van der Waals surface area contributed by atoms with E-state index < -0.39 is 11.9 Å². The van der Waals surface area contributed by atoms with Crippen molar-refractivity contribution in [3.8, 4) is 5.69 Å². The Labute approximate surface area is 133 Å². The quantitative estimate of drug-likeness (QED) is 0.929. The second-order valence-electron chi connectivity index (χ2n) is 5.81. The van der Waals surface area contributed by atoms with Gasteiger partial charge in [-0.05, 0) is 38.0 Å². The average molecular weight is 314 g/mol. The highest BCUT2D eigenvalue weighted by atomic mass is 16.4. The highest BCUT2D eigenvalue weighted by Crippen LogP contribution is 2.24. The van der Waals surface area contributed by atoms with Crippen molar-refractivity contribution in [1.29, 1.82) is 0 Å². The fourth-order valence-electron chi connectivity index (χ4n) is 2.88. The molecule has 1 saturated heterocycles. The number of piperidine rings is 1. The third-order valence-electron chi connectivity index (χ3n) is 4.27. The van der Waals surface area contributed by atoms with Gasteiger partial charge in [-0.3, -0.25) is 9.59 Å². The van der Waals surface area contributed by atoms with E-state index in [1.54, 1.807) is 34.1 Å². The molecule has 0 bridgehead atoms. The van der Waals surface area contributed by atoms with Gasteiger partial charge in [0.1, 0.15) is 12.7 Å². The molecule has 3 rings (SSSR count). The Morgan fingerprint density at radius 3 is 2.83 bits per heavy atom. The van der Waals surface area contributed by atoms with Gasteiger partial charge in [-0.1, -0.05) is 6.07 Å². The van der Waals surface area contributed by atoms with E-state index in [-0.39, 0.29) is 18.5 Å². The first-order valence-electron chi connectivity index (χ1n) is 7.55. The highest BCUT2D eigenvalue weighted by Gasteiger charge is 2.33. The molecule has 1 aromatic heterocycles. The van der Waals surface area contributed by atoms with Crippen molar-refractivity contribution >= 4 is 11.9 Å². The molecule has 1 N–H and O–H groups in total. The van der Waals surface area contributed by atoms with Crippen LogP contribution < -0.4 is 0 Å². The number of hydrogen-bond acceptors (Lipinski definition) is 4. The highest BCUT2D eigenvalue weighted by molar-refractivity contribution is 5.95. The fraction of sp³-hybridized carbons (Fsp3) is 0.375. The summed E-state index contributed by atoms with van der Waals surface area (Å²) in [5, 5.41) is 13.3. The molecule has 7 heteroatoms. The lowest BCUT2D eigenvalue weighted by Crippen LogP contribution is -2.47. The minimum Gasteiger partial charge on any atom is -0.481 e. The summed E-state index contributed by atoms with van der Waals surface area (Å²) in [5.41, 5.74) is 1.27. The van der Waals surface area contributed by atoms with Crippen LogP contribution in [0, 0.1) is 5.92 Å². The molecule has 7 nitrogen and oxygen atoms in total. The SMILES string of the molecule is CC1CCC(C(=O)O)CN1C(=O)c1cccc(-n2cncn2)c1. The van der Waals surface area contributed by atoms with Gasteiger partial charge in [-0.15, -0.1) is 0 Å². The predicted octanol–water partition coefficient (Wildman–Crippen LogP) is 1.59. The van der Waals surface area contributed by atoms with Gasteiger partial charge in [0, 0.05) is 18.2 Å². The van der Waals surface area contributed by atoms with Crippen LogP contribution in [-0.2, 0) is 4.79 Å². The molecule has 1 amide bonds. The molecule has 1 aromatic carbocycles. The summed E-state index contributed by atoms with van der Waals surface area (Å²) in [4.78, 5) is 29.6. The number of nitrogens with zero attached hydrogens (tertiary/aromatic N) is 4. The van der Waals surface area contributed by atoms with E-state index in [9.17, 15) is 14.7 Å². The first-order chi connectivity index (χ1) is 11.1. The Balaban J connectivity index is 1.84. The molecule has 1 aliphatic heterocycles. The summed E-state index contributed by atoms with van der Waals surface area (Å²) in [6.07, 6.45) is 4.30. The van der Waals surface area contributed by atoms with Gasteiger partial charge in [-0.25, -0.2) is 9.67 Å². The molecule has 120 valence electrons. The average Bonchev–Trinajstić information content (AvgIpc) is 3.09. The monoisotopic (exact) mass is 314 g/mol. The van der Waals surface area contributed by atoms with Crippen LogP contribution in [0.15, 0.2) is 36.9 Å². The van der Waals surface area contributed by atoms with Crippen LogP contribution in [0.1, 0.15) is 30.1 Å². The van der Waals surface area contributed by atoms with Crippen LogP contribution in [0.2, 0.25) is 0 Å². The molecule has 1 aliphatic rings.